The molecule has 168 valence electrons. The summed E-state index contributed by atoms with van der Waals surface area (Å²) in [6.45, 7) is 14.7. The van der Waals surface area contributed by atoms with Crippen molar-refractivity contribution in [3.05, 3.63) is 70.5 Å². The van der Waals surface area contributed by atoms with E-state index in [1.807, 2.05) is 18.5 Å². The molecule has 6 nitrogen and oxygen atoms in total. The summed E-state index contributed by atoms with van der Waals surface area (Å²) in [5, 5.41) is 7.79. The lowest BCUT2D eigenvalue weighted by Crippen LogP contribution is -3.15. The van der Waals surface area contributed by atoms with Gasteiger partial charge in [-0.25, -0.2) is 4.68 Å². The lowest BCUT2D eigenvalue weighted by molar-refractivity contribution is -0.892. The van der Waals surface area contributed by atoms with Crippen LogP contribution >= 0.6 is 0 Å². The van der Waals surface area contributed by atoms with E-state index in [-0.39, 0.29) is 5.91 Å². The van der Waals surface area contributed by atoms with E-state index < -0.39 is 0 Å². The van der Waals surface area contributed by atoms with Crippen LogP contribution in [0.4, 0.5) is 11.4 Å². The summed E-state index contributed by atoms with van der Waals surface area (Å²) in [6.07, 6.45) is 0. The summed E-state index contributed by atoms with van der Waals surface area (Å²) in [4.78, 5) is 16.6. The topological polar surface area (TPSA) is 54.6 Å². The average molecular weight is 433 g/mol. The van der Waals surface area contributed by atoms with Crippen LogP contribution in [0.15, 0.2) is 42.5 Å². The van der Waals surface area contributed by atoms with Crippen molar-refractivity contribution >= 4 is 17.3 Å². The van der Waals surface area contributed by atoms with Gasteiger partial charge in [0, 0.05) is 5.69 Å². The van der Waals surface area contributed by atoms with E-state index in [0.29, 0.717) is 6.54 Å². The zero-order valence-corrected chi connectivity index (χ0v) is 19.8. The van der Waals surface area contributed by atoms with Gasteiger partial charge in [-0.15, -0.1) is 0 Å². The molecule has 1 fully saturated rings. The van der Waals surface area contributed by atoms with E-state index in [2.05, 4.69) is 78.6 Å². The van der Waals surface area contributed by atoms with Crippen molar-refractivity contribution in [2.75, 3.05) is 42.9 Å². The molecule has 2 N–H and O–H groups in total. The predicted molar refractivity (Wildman–Crippen MR) is 130 cm³/mol. The molecular formula is C26H34N5O+. The molecule has 0 saturated carbocycles. The number of benzene rings is 2. The molecule has 4 rings (SSSR count). The molecule has 1 saturated heterocycles. The van der Waals surface area contributed by atoms with Crippen LogP contribution in [0, 0.1) is 34.6 Å². The Kier molecular flexibility index (Phi) is 6.33. The first-order valence-corrected chi connectivity index (χ1v) is 11.4. The number of aryl methyl sites for hydroxylation is 3. The lowest BCUT2D eigenvalue weighted by Gasteiger charge is -2.34. The fourth-order valence-electron chi connectivity index (χ4n) is 4.49. The van der Waals surface area contributed by atoms with Crippen molar-refractivity contribution < 1.29 is 9.69 Å². The molecule has 1 aliphatic rings. The second kappa shape index (κ2) is 9.17. The van der Waals surface area contributed by atoms with Crippen molar-refractivity contribution in [1.29, 1.82) is 0 Å². The fraction of sp³-hybridized carbons (Fsp3) is 0.385. The van der Waals surface area contributed by atoms with Crippen LogP contribution in [0.1, 0.15) is 28.1 Å². The second-order valence-electron chi connectivity index (χ2n) is 8.97. The highest BCUT2D eigenvalue weighted by Crippen LogP contribution is 2.24. The van der Waals surface area contributed by atoms with E-state index >= 15 is 0 Å². The van der Waals surface area contributed by atoms with Gasteiger partial charge in [-0.1, -0.05) is 29.8 Å². The number of nitrogens with zero attached hydrogens (tertiary/aromatic N) is 3. The van der Waals surface area contributed by atoms with E-state index in [1.54, 1.807) is 0 Å². The van der Waals surface area contributed by atoms with Gasteiger partial charge in [-0.2, -0.15) is 5.10 Å². The number of carbonyl (C=O) groups is 1. The van der Waals surface area contributed by atoms with Gasteiger partial charge in [0.1, 0.15) is 0 Å². The van der Waals surface area contributed by atoms with Crippen LogP contribution in [-0.4, -0.2) is 48.4 Å². The van der Waals surface area contributed by atoms with Gasteiger partial charge < -0.3 is 15.1 Å². The maximum atomic E-state index is 12.8. The standard InChI is InChI=1S/C26H33N5O/c1-18-9-11-23(12-10-18)31-22(5)26(21(4)28-31)27-25(32)17-29-13-15-30(16-14-29)24-8-6-7-19(2)20(24)3/h6-12H,13-17H2,1-5H3,(H,27,32)/p+1. The van der Waals surface area contributed by atoms with Crippen molar-refractivity contribution in [1.82, 2.24) is 9.78 Å². The summed E-state index contributed by atoms with van der Waals surface area (Å²) in [7, 11) is 0. The van der Waals surface area contributed by atoms with Crippen LogP contribution in [0.25, 0.3) is 5.69 Å². The molecule has 1 aromatic heterocycles. The Morgan fingerprint density at radius 3 is 2.38 bits per heavy atom. The first-order valence-electron chi connectivity index (χ1n) is 11.4. The fourth-order valence-corrected chi connectivity index (χ4v) is 4.49. The molecule has 0 unspecified atom stereocenters. The average Bonchev–Trinajstić information content (AvgIpc) is 3.05. The number of quaternary nitrogens is 1. The molecule has 6 heteroatoms. The minimum absolute atomic E-state index is 0.0508. The largest absolute Gasteiger partial charge is 0.360 e. The third-order valence-corrected chi connectivity index (χ3v) is 6.63. The maximum Gasteiger partial charge on any atom is 0.279 e. The quantitative estimate of drug-likeness (QED) is 0.652. The number of nitrogens with one attached hydrogen (secondary N) is 2. The van der Waals surface area contributed by atoms with Crippen molar-refractivity contribution in [2.24, 2.45) is 0 Å². The number of piperazine rings is 1. The van der Waals surface area contributed by atoms with Crippen LogP contribution in [0.5, 0.6) is 0 Å². The normalized spacial score (nSPS) is 14.6. The van der Waals surface area contributed by atoms with Gasteiger partial charge in [0.25, 0.3) is 5.91 Å². The number of rotatable bonds is 5. The molecule has 0 atom stereocenters. The molecule has 1 amide bonds. The smallest absolute Gasteiger partial charge is 0.279 e. The molecule has 0 spiro atoms. The molecule has 2 heterocycles. The summed E-state index contributed by atoms with van der Waals surface area (Å²) in [5.74, 6) is 0.0508. The highest BCUT2D eigenvalue weighted by Gasteiger charge is 2.24. The molecule has 0 aliphatic carbocycles. The summed E-state index contributed by atoms with van der Waals surface area (Å²) in [5.41, 5.74) is 8.83. The van der Waals surface area contributed by atoms with Crippen LogP contribution in [-0.2, 0) is 4.79 Å². The zero-order chi connectivity index (χ0) is 22.8. The Bertz CT molecular complexity index is 1110. The van der Waals surface area contributed by atoms with Gasteiger partial charge in [0.05, 0.1) is 48.9 Å². The summed E-state index contributed by atoms with van der Waals surface area (Å²) < 4.78 is 1.90. The van der Waals surface area contributed by atoms with Crippen molar-refractivity contribution in [2.45, 2.75) is 34.6 Å². The van der Waals surface area contributed by atoms with Crippen LogP contribution in [0.3, 0.4) is 0 Å². The minimum Gasteiger partial charge on any atom is -0.360 e. The number of aromatic nitrogens is 2. The van der Waals surface area contributed by atoms with Crippen molar-refractivity contribution in [3.8, 4) is 5.69 Å². The highest BCUT2D eigenvalue weighted by atomic mass is 16.2. The molecule has 0 bridgehead atoms. The third-order valence-electron chi connectivity index (χ3n) is 6.63. The highest BCUT2D eigenvalue weighted by molar-refractivity contribution is 5.92. The monoisotopic (exact) mass is 432 g/mol. The first-order chi connectivity index (χ1) is 15.3. The van der Waals surface area contributed by atoms with Crippen LogP contribution < -0.4 is 15.1 Å². The second-order valence-corrected chi connectivity index (χ2v) is 8.97. The molecule has 0 radical (unpaired) electrons. The van der Waals surface area contributed by atoms with E-state index in [0.717, 1.165) is 48.9 Å². The van der Waals surface area contributed by atoms with Crippen molar-refractivity contribution in [3.63, 3.8) is 0 Å². The number of carbonyl (C=O) groups excluding carboxylic acids is 1. The van der Waals surface area contributed by atoms with Crippen LogP contribution in [0.2, 0.25) is 0 Å². The maximum absolute atomic E-state index is 12.8. The van der Waals surface area contributed by atoms with Gasteiger partial charge in [-0.05, 0) is 63.9 Å². The summed E-state index contributed by atoms with van der Waals surface area (Å²) >= 11 is 0. The lowest BCUT2D eigenvalue weighted by atomic mass is 10.1. The minimum atomic E-state index is 0.0508. The first kappa shape index (κ1) is 22.1. The number of anilines is 2. The summed E-state index contributed by atoms with van der Waals surface area (Å²) in [6, 6.07) is 14.8. The van der Waals surface area contributed by atoms with E-state index in [9.17, 15) is 4.79 Å². The Morgan fingerprint density at radius 1 is 1.00 bits per heavy atom. The SMILES string of the molecule is Cc1ccc(-n2nc(C)c(NC(=O)C[NH+]3CCN(c4cccc(C)c4C)CC3)c2C)cc1. The molecule has 1 aliphatic heterocycles. The van der Waals surface area contributed by atoms with E-state index in [4.69, 9.17) is 0 Å². The number of amides is 1. The Morgan fingerprint density at radius 2 is 1.69 bits per heavy atom. The molecule has 2 aromatic carbocycles. The van der Waals surface area contributed by atoms with E-state index in [1.165, 1.54) is 27.3 Å². The molecule has 32 heavy (non-hydrogen) atoms. The Labute approximate surface area is 190 Å². The number of hydrogen-bond donors (Lipinski definition) is 2. The Hall–Kier alpha value is -3.12. The third kappa shape index (κ3) is 4.55. The van der Waals surface area contributed by atoms with Gasteiger partial charge >= 0.3 is 0 Å². The molecular weight excluding hydrogens is 398 g/mol. The predicted octanol–water partition coefficient (Wildman–Crippen LogP) is 2.76. The van der Waals surface area contributed by atoms with Gasteiger partial charge in [0.15, 0.2) is 6.54 Å². The van der Waals surface area contributed by atoms with Gasteiger partial charge in [-0.3, -0.25) is 4.79 Å². The Balaban J connectivity index is 1.37. The number of hydrogen-bond acceptors (Lipinski definition) is 3. The zero-order valence-electron chi connectivity index (χ0n) is 19.8. The molecule has 3 aromatic rings. The van der Waals surface area contributed by atoms with Gasteiger partial charge in [0.2, 0.25) is 0 Å².